The molecule has 80 valence electrons. The van der Waals surface area contributed by atoms with Crippen LogP contribution in [0.15, 0.2) is 12.5 Å². The van der Waals surface area contributed by atoms with Crippen LogP contribution in [0.1, 0.15) is 41.5 Å². The van der Waals surface area contributed by atoms with E-state index in [-0.39, 0.29) is 11.1 Å². The average Bonchev–Trinajstić information content (AvgIpc) is 2.29. The fourth-order valence-corrected chi connectivity index (χ4v) is 1.21. The third-order valence-corrected chi connectivity index (χ3v) is 1.91. The van der Waals surface area contributed by atoms with E-state index in [9.17, 15) is 0 Å². The first kappa shape index (κ1) is 11.1. The molecule has 0 saturated heterocycles. The van der Waals surface area contributed by atoms with E-state index in [2.05, 4.69) is 62.6 Å². The van der Waals surface area contributed by atoms with Crippen molar-refractivity contribution in [3.8, 4) is 0 Å². The zero-order valence-corrected chi connectivity index (χ0v) is 10.1. The Balaban J connectivity index is 2.79. The third-order valence-electron chi connectivity index (χ3n) is 1.91. The normalized spacial score (nSPS) is 13.0. The van der Waals surface area contributed by atoms with Gasteiger partial charge >= 0.3 is 0 Å². The van der Waals surface area contributed by atoms with Crippen LogP contribution in [0.2, 0.25) is 0 Å². The molecule has 0 fully saturated rings. The Morgan fingerprint density at radius 2 is 1.71 bits per heavy atom. The van der Waals surface area contributed by atoms with Gasteiger partial charge in [0.2, 0.25) is 12.1 Å². The van der Waals surface area contributed by atoms with Gasteiger partial charge in [-0.05, 0) is 41.5 Å². The van der Waals surface area contributed by atoms with Crippen LogP contribution in [-0.2, 0) is 5.54 Å². The number of anilines is 1. The minimum absolute atomic E-state index is 0.0978. The van der Waals surface area contributed by atoms with Crippen LogP contribution in [0.5, 0.6) is 0 Å². The smallest absolute Gasteiger partial charge is 0.243 e. The molecule has 1 heterocycles. The Morgan fingerprint density at radius 1 is 1.14 bits per heavy atom. The second kappa shape index (κ2) is 3.30. The maximum absolute atomic E-state index is 3.40. The molecule has 0 aliphatic rings. The summed E-state index contributed by atoms with van der Waals surface area (Å²) >= 11 is 0. The van der Waals surface area contributed by atoms with Crippen molar-refractivity contribution in [3.63, 3.8) is 0 Å². The summed E-state index contributed by atoms with van der Waals surface area (Å²) in [5.74, 6) is 1.06. The van der Waals surface area contributed by atoms with Gasteiger partial charge in [-0.25, -0.2) is 9.55 Å². The van der Waals surface area contributed by atoms with Crippen LogP contribution in [-0.4, -0.2) is 10.5 Å². The van der Waals surface area contributed by atoms with Gasteiger partial charge < -0.3 is 5.32 Å². The summed E-state index contributed by atoms with van der Waals surface area (Å²) in [5.41, 5.74) is 0.231. The van der Waals surface area contributed by atoms with Gasteiger partial charge in [-0.15, -0.1) is 0 Å². The van der Waals surface area contributed by atoms with E-state index in [1.807, 2.05) is 6.33 Å². The van der Waals surface area contributed by atoms with Crippen molar-refractivity contribution in [2.75, 3.05) is 5.32 Å². The molecule has 1 aromatic heterocycles. The van der Waals surface area contributed by atoms with E-state index in [0.717, 1.165) is 5.82 Å². The summed E-state index contributed by atoms with van der Waals surface area (Å²) in [7, 11) is 0. The number of hydrogen-bond donors (Lipinski definition) is 2. The van der Waals surface area contributed by atoms with Gasteiger partial charge in [0, 0.05) is 5.54 Å². The molecule has 1 aromatic rings. The molecule has 0 saturated carbocycles. The zero-order chi connectivity index (χ0) is 11.0. The maximum Gasteiger partial charge on any atom is 0.243 e. The van der Waals surface area contributed by atoms with Crippen LogP contribution >= 0.6 is 0 Å². The number of imidazole rings is 1. The third kappa shape index (κ3) is 3.05. The minimum atomic E-state index is 0.0978. The Kier molecular flexibility index (Phi) is 2.61. The van der Waals surface area contributed by atoms with Gasteiger partial charge in [0.1, 0.15) is 5.54 Å². The molecule has 0 aliphatic heterocycles. The largest absolute Gasteiger partial charge is 0.345 e. The molecule has 0 spiro atoms. The fraction of sp³-hybridized carbons (Fsp3) is 0.727. The van der Waals surface area contributed by atoms with E-state index in [4.69, 9.17) is 0 Å². The van der Waals surface area contributed by atoms with Gasteiger partial charge in [-0.2, -0.15) is 0 Å². The van der Waals surface area contributed by atoms with Gasteiger partial charge in [0.15, 0.2) is 6.20 Å². The highest BCUT2D eigenvalue weighted by Crippen LogP contribution is 2.11. The minimum Gasteiger partial charge on any atom is -0.345 e. The summed E-state index contributed by atoms with van der Waals surface area (Å²) in [6, 6.07) is 0. The highest BCUT2D eigenvalue weighted by atomic mass is 15.2. The maximum atomic E-state index is 3.40. The number of nitrogens with one attached hydrogen (secondary N) is 2. The van der Waals surface area contributed by atoms with E-state index < -0.39 is 0 Å². The molecule has 0 aromatic carbocycles. The standard InChI is InChI=1S/C11H21N3/c1-10(2,3)13-9-7-14(8-12-9)11(4,5)6/h7-8,13H,1-6H3/p+1. The second-order valence-corrected chi connectivity index (χ2v) is 5.77. The van der Waals surface area contributed by atoms with Crippen molar-refractivity contribution < 1.29 is 4.57 Å². The van der Waals surface area contributed by atoms with Crippen LogP contribution in [0.25, 0.3) is 0 Å². The number of hydrogen-bond acceptors (Lipinski definition) is 1. The molecule has 0 atom stereocenters. The van der Waals surface area contributed by atoms with Crippen LogP contribution in [0.4, 0.5) is 5.82 Å². The fourth-order valence-electron chi connectivity index (χ4n) is 1.21. The SMILES string of the molecule is CC(C)(C)Nc1c[n+](C(C)(C)C)c[nH]1. The molecular weight excluding hydrogens is 174 g/mol. The molecule has 0 amide bonds. The lowest BCUT2D eigenvalue weighted by Crippen LogP contribution is -2.48. The van der Waals surface area contributed by atoms with Crippen LogP contribution in [0.3, 0.4) is 0 Å². The number of aromatic amines is 1. The lowest BCUT2D eigenvalue weighted by Gasteiger charge is -2.18. The van der Waals surface area contributed by atoms with Crippen LogP contribution < -0.4 is 9.88 Å². The first-order chi connectivity index (χ1) is 6.18. The molecule has 0 radical (unpaired) electrons. The Labute approximate surface area is 86.5 Å². The molecule has 0 unspecified atom stereocenters. The first-order valence-electron chi connectivity index (χ1n) is 5.07. The lowest BCUT2D eigenvalue weighted by molar-refractivity contribution is -0.752. The summed E-state index contributed by atoms with van der Waals surface area (Å²) in [4.78, 5) is 3.22. The van der Waals surface area contributed by atoms with Gasteiger partial charge in [0.25, 0.3) is 0 Å². The predicted molar refractivity (Wildman–Crippen MR) is 59.4 cm³/mol. The van der Waals surface area contributed by atoms with Crippen molar-refractivity contribution in [3.05, 3.63) is 12.5 Å². The van der Waals surface area contributed by atoms with E-state index in [1.165, 1.54) is 0 Å². The zero-order valence-electron chi connectivity index (χ0n) is 10.1. The van der Waals surface area contributed by atoms with Crippen molar-refractivity contribution in [2.45, 2.75) is 52.6 Å². The monoisotopic (exact) mass is 196 g/mol. The highest BCUT2D eigenvalue weighted by molar-refractivity contribution is 5.31. The summed E-state index contributed by atoms with van der Waals surface area (Å²) < 4.78 is 2.17. The quantitative estimate of drug-likeness (QED) is 0.663. The molecule has 1 rings (SSSR count). The van der Waals surface area contributed by atoms with Gasteiger partial charge in [-0.3, -0.25) is 0 Å². The number of H-pyrrole nitrogens is 1. The summed E-state index contributed by atoms with van der Waals surface area (Å²) in [5, 5.41) is 3.40. The molecular formula is C11H22N3+. The molecule has 2 N–H and O–H groups in total. The molecule has 3 heteroatoms. The van der Waals surface area contributed by atoms with Crippen molar-refractivity contribution in [1.82, 2.24) is 4.98 Å². The molecule has 0 bridgehead atoms. The van der Waals surface area contributed by atoms with Gasteiger partial charge in [0.05, 0.1) is 0 Å². The molecule has 14 heavy (non-hydrogen) atoms. The number of aromatic nitrogens is 2. The topological polar surface area (TPSA) is 31.7 Å². The second-order valence-electron chi connectivity index (χ2n) is 5.77. The summed E-state index contributed by atoms with van der Waals surface area (Å²) in [6.45, 7) is 13.0. The van der Waals surface area contributed by atoms with Crippen molar-refractivity contribution >= 4 is 5.82 Å². The Hall–Kier alpha value is -0.990. The highest BCUT2D eigenvalue weighted by Gasteiger charge is 2.21. The van der Waals surface area contributed by atoms with Gasteiger partial charge in [-0.1, -0.05) is 0 Å². The van der Waals surface area contributed by atoms with E-state index >= 15 is 0 Å². The first-order valence-corrected chi connectivity index (χ1v) is 5.07. The molecule has 3 nitrogen and oxygen atoms in total. The Bertz CT molecular complexity index is 299. The number of nitrogens with zero attached hydrogens (tertiary/aromatic N) is 1. The summed E-state index contributed by atoms with van der Waals surface area (Å²) in [6.07, 6.45) is 4.10. The van der Waals surface area contributed by atoms with E-state index in [0.29, 0.717) is 0 Å². The molecule has 0 aliphatic carbocycles. The van der Waals surface area contributed by atoms with Crippen molar-refractivity contribution in [2.24, 2.45) is 0 Å². The predicted octanol–water partition coefficient (Wildman–Crippen LogP) is 2.27. The Morgan fingerprint density at radius 3 is 2.07 bits per heavy atom. The lowest BCUT2D eigenvalue weighted by atomic mass is 10.1. The average molecular weight is 196 g/mol. The van der Waals surface area contributed by atoms with E-state index in [1.54, 1.807) is 0 Å². The van der Waals surface area contributed by atoms with Crippen molar-refractivity contribution in [1.29, 1.82) is 0 Å². The van der Waals surface area contributed by atoms with Crippen LogP contribution in [0, 0.1) is 0 Å². The number of rotatable bonds is 1.